The van der Waals surface area contributed by atoms with Crippen LogP contribution >= 0.6 is 0 Å². The van der Waals surface area contributed by atoms with Gasteiger partial charge in [0.1, 0.15) is 0 Å². The van der Waals surface area contributed by atoms with Crippen molar-refractivity contribution in [1.82, 2.24) is 15.3 Å². The molecule has 0 aliphatic heterocycles. The Morgan fingerprint density at radius 3 is 2.71 bits per heavy atom. The van der Waals surface area contributed by atoms with Gasteiger partial charge in [0.25, 0.3) is 0 Å². The number of hydrogen-bond donors (Lipinski definition) is 2. The fraction of sp³-hybridized carbons (Fsp3) is 0.250. The first-order chi connectivity index (χ1) is 8.31. The highest BCUT2D eigenvalue weighted by Crippen LogP contribution is 2.19. The lowest BCUT2D eigenvalue weighted by atomic mass is 10.2. The van der Waals surface area contributed by atoms with Gasteiger partial charge in [-0.2, -0.15) is 0 Å². The van der Waals surface area contributed by atoms with E-state index in [2.05, 4.69) is 20.6 Å². The lowest BCUT2D eigenvalue weighted by Gasteiger charge is -2.06. The second kappa shape index (κ2) is 4.01. The van der Waals surface area contributed by atoms with E-state index < -0.39 is 0 Å². The van der Waals surface area contributed by atoms with E-state index in [0.29, 0.717) is 6.04 Å². The van der Waals surface area contributed by atoms with Crippen molar-refractivity contribution in [1.29, 1.82) is 0 Å². The SMILES string of the molecule is O=C(Nc1ccc2nccnc2c1)NC1CC1. The van der Waals surface area contributed by atoms with Crippen LogP contribution in [0.5, 0.6) is 0 Å². The number of hydrogen-bond acceptors (Lipinski definition) is 3. The molecular weight excluding hydrogens is 216 g/mol. The van der Waals surface area contributed by atoms with Gasteiger partial charge in [0.15, 0.2) is 0 Å². The molecule has 17 heavy (non-hydrogen) atoms. The molecule has 0 spiro atoms. The van der Waals surface area contributed by atoms with Crippen molar-refractivity contribution < 1.29 is 4.79 Å². The maximum Gasteiger partial charge on any atom is 0.319 e. The number of amides is 2. The highest BCUT2D eigenvalue weighted by Gasteiger charge is 2.23. The van der Waals surface area contributed by atoms with Crippen LogP contribution in [0.3, 0.4) is 0 Å². The molecule has 1 aliphatic rings. The Hall–Kier alpha value is -2.17. The van der Waals surface area contributed by atoms with Crippen LogP contribution in [0.1, 0.15) is 12.8 Å². The number of fused-ring (bicyclic) bond motifs is 1. The maximum atomic E-state index is 11.5. The van der Waals surface area contributed by atoms with Crippen molar-refractivity contribution in [3.05, 3.63) is 30.6 Å². The van der Waals surface area contributed by atoms with Gasteiger partial charge in [-0.1, -0.05) is 0 Å². The zero-order valence-electron chi connectivity index (χ0n) is 9.18. The van der Waals surface area contributed by atoms with Crippen molar-refractivity contribution in [2.45, 2.75) is 18.9 Å². The zero-order chi connectivity index (χ0) is 11.7. The van der Waals surface area contributed by atoms with E-state index in [1.807, 2.05) is 18.2 Å². The number of carbonyl (C=O) groups excluding carboxylic acids is 1. The summed E-state index contributed by atoms with van der Waals surface area (Å²) in [5.74, 6) is 0. The molecule has 1 heterocycles. The lowest BCUT2D eigenvalue weighted by Crippen LogP contribution is -2.30. The van der Waals surface area contributed by atoms with Crippen LogP contribution in [0.4, 0.5) is 10.5 Å². The number of aromatic nitrogens is 2. The first kappa shape index (κ1) is 10.0. The van der Waals surface area contributed by atoms with Crippen molar-refractivity contribution in [3.8, 4) is 0 Å². The van der Waals surface area contributed by atoms with E-state index in [1.54, 1.807) is 12.4 Å². The molecule has 86 valence electrons. The third-order valence-corrected chi connectivity index (χ3v) is 2.64. The van der Waals surface area contributed by atoms with Crippen molar-refractivity contribution in [2.75, 3.05) is 5.32 Å². The van der Waals surface area contributed by atoms with Crippen LogP contribution in [0.15, 0.2) is 30.6 Å². The topological polar surface area (TPSA) is 66.9 Å². The van der Waals surface area contributed by atoms with Crippen molar-refractivity contribution >= 4 is 22.8 Å². The van der Waals surface area contributed by atoms with Crippen LogP contribution in [-0.4, -0.2) is 22.0 Å². The van der Waals surface area contributed by atoms with Gasteiger partial charge in [0, 0.05) is 24.1 Å². The Labute approximate surface area is 98.3 Å². The monoisotopic (exact) mass is 228 g/mol. The van der Waals surface area contributed by atoms with Crippen LogP contribution in [0.25, 0.3) is 11.0 Å². The Morgan fingerprint density at radius 2 is 1.94 bits per heavy atom. The molecule has 0 saturated heterocycles. The number of nitrogens with zero attached hydrogens (tertiary/aromatic N) is 2. The van der Waals surface area contributed by atoms with Gasteiger partial charge in [-0.15, -0.1) is 0 Å². The van der Waals surface area contributed by atoms with Gasteiger partial charge >= 0.3 is 6.03 Å². The highest BCUT2D eigenvalue weighted by atomic mass is 16.2. The number of anilines is 1. The van der Waals surface area contributed by atoms with E-state index >= 15 is 0 Å². The predicted octanol–water partition coefficient (Wildman–Crippen LogP) is 1.91. The summed E-state index contributed by atoms with van der Waals surface area (Å²) in [6, 6.07) is 5.68. The Balaban J connectivity index is 1.77. The van der Waals surface area contributed by atoms with Gasteiger partial charge in [0.05, 0.1) is 11.0 Å². The number of rotatable bonds is 2. The lowest BCUT2D eigenvalue weighted by molar-refractivity contribution is 0.251. The quantitative estimate of drug-likeness (QED) is 0.825. The summed E-state index contributed by atoms with van der Waals surface area (Å²) in [6.07, 6.45) is 5.44. The summed E-state index contributed by atoms with van der Waals surface area (Å²) in [7, 11) is 0. The molecular formula is C12H12N4O. The average Bonchev–Trinajstić information content (AvgIpc) is 3.12. The van der Waals surface area contributed by atoms with Gasteiger partial charge < -0.3 is 10.6 Å². The summed E-state index contributed by atoms with van der Waals surface area (Å²) in [4.78, 5) is 19.9. The van der Waals surface area contributed by atoms with E-state index in [4.69, 9.17) is 0 Å². The standard InChI is InChI=1S/C12H12N4O/c17-12(15-8-1-2-8)16-9-3-4-10-11(7-9)14-6-5-13-10/h3-8H,1-2H2,(H2,15,16,17). The molecule has 0 radical (unpaired) electrons. The minimum atomic E-state index is -0.157. The van der Waals surface area contributed by atoms with Crippen LogP contribution in [0, 0.1) is 0 Å². The predicted molar refractivity (Wildman–Crippen MR) is 64.7 cm³/mol. The van der Waals surface area contributed by atoms with E-state index in [1.165, 1.54) is 0 Å². The number of urea groups is 1. The summed E-state index contributed by atoms with van der Waals surface area (Å²) < 4.78 is 0. The number of benzene rings is 1. The molecule has 1 fully saturated rings. The van der Waals surface area contributed by atoms with Crippen molar-refractivity contribution in [2.24, 2.45) is 0 Å². The normalized spacial score (nSPS) is 14.6. The zero-order valence-corrected chi connectivity index (χ0v) is 9.18. The molecule has 1 aliphatic carbocycles. The molecule has 1 aromatic heterocycles. The molecule has 2 amide bonds. The van der Waals surface area contributed by atoms with E-state index in [0.717, 1.165) is 29.6 Å². The smallest absolute Gasteiger partial charge is 0.319 e. The van der Waals surface area contributed by atoms with Crippen LogP contribution in [-0.2, 0) is 0 Å². The van der Waals surface area contributed by atoms with E-state index in [9.17, 15) is 4.79 Å². The highest BCUT2D eigenvalue weighted by molar-refractivity contribution is 5.92. The van der Waals surface area contributed by atoms with Gasteiger partial charge in [-0.25, -0.2) is 4.79 Å². The second-order valence-corrected chi connectivity index (χ2v) is 4.13. The summed E-state index contributed by atoms with van der Waals surface area (Å²) in [5.41, 5.74) is 2.33. The Bertz CT molecular complexity index is 565. The summed E-state index contributed by atoms with van der Waals surface area (Å²) >= 11 is 0. The molecule has 0 unspecified atom stereocenters. The third-order valence-electron chi connectivity index (χ3n) is 2.64. The minimum Gasteiger partial charge on any atom is -0.335 e. The molecule has 0 atom stereocenters. The largest absolute Gasteiger partial charge is 0.335 e. The van der Waals surface area contributed by atoms with Crippen LogP contribution in [0.2, 0.25) is 0 Å². The molecule has 1 saturated carbocycles. The van der Waals surface area contributed by atoms with E-state index in [-0.39, 0.29) is 6.03 Å². The molecule has 2 N–H and O–H groups in total. The average molecular weight is 228 g/mol. The fourth-order valence-corrected chi connectivity index (χ4v) is 1.62. The summed E-state index contributed by atoms with van der Waals surface area (Å²) in [5, 5.41) is 5.65. The molecule has 1 aromatic carbocycles. The third kappa shape index (κ3) is 2.33. The Kier molecular flexibility index (Phi) is 2.36. The van der Waals surface area contributed by atoms with Crippen LogP contribution < -0.4 is 10.6 Å². The van der Waals surface area contributed by atoms with Gasteiger partial charge in [0.2, 0.25) is 0 Å². The summed E-state index contributed by atoms with van der Waals surface area (Å²) in [6.45, 7) is 0. The van der Waals surface area contributed by atoms with Crippen molar-refractivity contribution in [3.63, 3.8) is 0 Å². The molecule has 3 rings (SSSR count). The van der Waals surface area contributed by atoms with Gasteiger partial charge in [-0.3, -0.25) is 9.97 Å². The fourth-order valence-electron chi connectivity index (χ4n) is 1.62. The molecule has 5 nitrogen and oxygen atoms in total. The second-order valence-electron chi connectivity index (χ2n) is 4.13. The first-order valence-corrected chi connectivity index (χ1v) is 5.59. The maximum absolute atomic E-state index is 11.5. The number of carbonyl (C=O) groups is 1. The number of nitrogens with one attached hydrogen (secondary N) is 2. The molecule has 2 aromatic rings. The first-order valence-electron chi connectivity index (χ1n) is 5.59. The van der Waals surface area contributed by atoms with Gasteiger partial charge in [-0.05, 0) is 31.0 Å². The minimum absolute atomic E-state index is 0.157. The molecule has 0 bridgehead atoms. The Morgan fingerprint density at radius 1 is 1.18 bits per heavy atom. The molecule has 5 heteroatoms.